The number of piperidine rings is 2. The van der Waals surface area contributed by atoms with Crippen molar-refractivity contribution in [1.82, 2.24) is 29.4 Å². The predicted molar refractivity (Wildman–Crippen MR) is 385 cm³/mol. The van der Waals surface area contributed by atoms with Gasteiger partial charge in [-0.15, -0.1) is 37.2 Å². The van der Waals surface area contributed by atoms with E-state index in [9.17, 15) is 59.8 Å². The minimum Gasteiger partial charge on any atom is -0.465 e. The summed E-state index contributed by atoms with van der Waals surface area (Å²) in [6, 6.07) is 37.7. The number of halogens is 10. The van der Waals surface area contributed by atoms with Gasteiger partial charge in [-0.25, -0.2) is 9.18 Å². The van der Waals surface area contributed by atoms with Crippen molar-refractivity contribution in [1.29, 1.82) is 0 Å². The molecule has 1 aliphatic carbocycles. The molecule has 6 aromatic carbocycles. The molecule has 4 aliphatic heterocycles. The molecule has 0 bridgehead atoms. The number of carbonyl (C=O) groups excluding carboxylic acids is 4. The highest BCUT2D eigenvalue weighted by molar-refractivity contribution is 5.96. The smallest absolute Gasteiger partial charge is 0.416 e. The van der Waals surface area contributed by atoms with Gasteiger partial charge in [0, 0.05) is 120 Å². The molecule has 3 fully saturated rings. The van der Waals surface area contributed by atoms with Crippen molar-refractivity contribution in [3.05, 3.63) is 190 Å². The molecule has 11 rings (SSSR count). The number of para-hydroxylation sites is 1. The maximum absolute atomic E-state index is 14.3. The first-order valence-corrected chi connectivity index (χ1v) is 34.3. The zero-order valence-electron chi connectivity index (χ0n) is 57.6. The SMILES string of the molecule is CN(CCN1CCC(N(C(=O)O)c2ccccc2-c2ccccc2)CC1)C(=O)CCCCCN1CCc2cc(C(=O)N(C)CCCN(C)C(=O)CO[C@H]3Cc4ccccc4C34CCN(CC[C@@]3(c5ccc(F)cc5)CN(C(=O)c5cc(C(F)(F)F)cc(C(F)(F)F)c5)CO3)CC4)ccc21.Cl.Cl.Cl. The van der Waals surface area contributed by atoms with Crippen LogP contribution in [0.15, 0.2) is 140 Å². The Morgan fingerprint density at radius 3 is 1.95 bits per heavy atom. The maximum atomic E-state index is 14.3. The molecule has 5 amide bonds. The molecule has 1 spiro atoms. The molecule has 3 saturated heterocycles. The van der Waals surface area contributed by atoms with E-state index in [2.05, 4.69) is 26.8 Å². The second-order valence-corrected chi connectivity index (χ2v) is 27.2. The van der Waals surface area contributed by atoms with Gasteiger partial charge in [0.1, 0.15) is 24.8 Å². The van der Waals surface area contributed by atoms with Crippen LogP contribution in [0.25, 0.3) is 11.1 Å². The van der Waals surface area contributed by atoms with Gasteiger partial charge in [-0.2, -0.15) is 26.3 Å². The van der Waals surface area contributed by atoms with Crippen LogP contribution < -0.4 is 9.80 Å². The lowest BCUT2D eigenvalue weighted by Crippen LogP contribution is -2.50. The van der Waals surface area contributed by atoms with Crippen molar-refractivity contribution < 1.29 is 69.3 Å². The predicted octanol–water partition coefficient (Wildman–Crippen LogP) is 14.1. The summed E-state index contributed by atoms with van der Waals surface area (Å²) in [6.07, 6.45) is -3.44. The Kier molecular flexibility index (Phi) is 27.4. The number of rotatable bonds is 25. The van der Waals surface area contributed by atoms with Crippen LogP contribution in [0.5, 0.6) is 0 Å². The molecule has 26 heteroatoms. The summed E-state index contributed by atoms with van der Waals surface area (Å²) in [7, 11) is 5.36. The topological polar surface area (TPSA) is 150 Å². The van der Waals surface area contributed by atoms with Crippen LogP contribution in [-0.2, 0) is 55.3 Å². The third kappa shape index (κ3) is 18.7. The molecule has 16 nitrogen and oxygen atoms in total. The van der Waals surface area contributed by atoms with Crippen LogP contribution in [0, 0.1) is 5.82 Å². The number of benzene rings is 6. The average Bonchev–Trinajstić information content (AvgIpc) is 1.58. The number of carbonyl (C=O) groups is 5. The highest BCUT2D eigenvalue weighted by Crippen LogP contribution is 2.49. The Balaban J connectivity index is 0.00000440. The van der Waals surface area contributed by atoms with Crippen molar-refractivity contribution in [3.8, 4) is 11.1 Å². The van der Waals surface area contributed by atoms with Crippen LogP contribution in [0.4, 0.5) is 46.9 Å². The van der Waals surface area contributed by atoms with Crippen molar-refractivity contribution in [2.45, 2.75) is 113 Å². The van der Waals surface area contributed by atoms with E-state index in [1.165, 1.54) is 34.7 Å². The standard InChI is InChI=1S/C76H87F7N8O8.3ClH/c1-84(34-14-35-86(3)70(94)56-22-27-65-55(45-56)28-39-89(65)36-13-5-8-21-68(92)85(2)43-44-87-37-29-62(30-38-87)91(72(96)97)66-20-12-10-18-63(66)53-15-6-4-7-16-53)69(93)50-98-67-48-54-17-9-11-19-64(54)73(67)31-40-88(41-32-73)42-33-74(58-23-25-61(77)26-24-58)51-90(52-99-74)71(95)57-46-59(75(78,79)80)49-60(47-57)76(81,82)83;;;/h4,6-7,9-12,15-20,22-27,45-47,49,62,67H,5,8,13-14,21,28-44,48,50-52H2,1-3H3,(H,96,97);3*1H/t67-,74-;;;/m0.../s1. The molecule has 5 aliphatic rings. The number of hydrogen-bond acceptors (Lipinski definition) is 10. The average molecular weight is 1480 g/mol. The van der Waals surface area contributed by atoms with E-state index in [4.69, 9.17) is 9.47 Å². The van der Waals surface area contributed by atoms with Crippen LogP contribution in [0.2, 0.25) is 0 Å². The van der Waals surface area contributed by atoms with Crippen molar-refractivity contribution in [2.24, 2.45) is 0 Å². The number of likely N-dealkylation sites (N-methyl/N-ethyl adjacent to an activating group) is 2. The van der Waals surface area contributed by atoms with Gasteiger partial charge in [-0.3, -0.25) is 24.1 Å². The van der Waals surface area contributed by atoms with E-state index >= 15 is 0 Å². The summed E-state index contributed by atoms with van der Waals surface area (Å²) in [4.78, 5) is 81.8. The minimum atomic E-state index is -5.15. The number of anilines is 2. The van der Waals surface area contributed by atoms with Gasteiger partial charge < -0.3 is 48.9 Å². The minimum absolute atomic E-state index is 0. The number of hydrogen-bond donors (Lipinski definition) is 1. The summed E-state index contributed by atoms with van der Waals surface area (Å²) in [5, 5.41) is 10.4. The Morgan fingerprint density at radius 1 is 0.627 bits per heavy atom. The summed E-state index contributed by atoms with van der Waals surface area (Å²) in [6.45, 7) is 6.23. The Hall–Kier alpha value is -7.51. The third-order valence-electron chi connectivity index (χ3n) is 20.9. The third-order valence-corrected chi connectivity index (χ3v) is 20.9. The van der Waals surface area contributed by atoms with E-state index in [0.29, 0.717) is 113 Å². The van der Waals surface area contributed by atoms with Crippen molar-refractivity contribution >= 4 is 78.3 Å². The number of likely N-dealkylation sites (tertiary alicyclic amines) is 2. The number of nitrogens with zero attached hydrogens (tertiary/aromatic N) is 8. The number of fused-ring (bicyclic) bond motifs is 3. The van der Waals surface area contributed by atoms with Crippen LogP contribution >= 0.6 is 37.2 Å². The van der Waals surface area contributed by atoms with Crippen molar-refractivity contribution in [2.75, 3.05) is 123 Å². The molecule has 0 aromatic heterocycles. The van der Waals surface area contributed by atoms with Gasteiger partial charge in [-0.05, 0) is 160 Å². The largest absolute Gasteiger partial charge is 0.465 e. The second kappa shape index (κ2) is 34.8. The Morgan fingerprint density at radius 2 is 1.26 bits per heavy atom. The lowest BCUT2D eigenvalue weighted by Gasteiger charge is -2.44. The van der Waals surface area contributed by atoms with Crippen LogP contribution in [0.3, 0.4) is 0 Å². The van der Waals surface area contributed by atoms with Gasteiger partial charge in [0.15, 0.2) is 0 Å². The van der Waals surface area contributed by atoms with Crippen LogP contribution in [0.1, 0.15) is 118 Å². The van der Waals surface area contributed by atoms with Crippen LogP contribution in [-0.4, -0.2) is 189 Å². The van der Waals surface area contributed by atoms with E-state index < -0.39 is 64.6 Å². The molecule has 4 heterocycles. The molecule has 0 radical (unpaired) electrons. The van der Waals surface area contributed by atoms with Gasteiger partial charge in [-0.1, -0.05) is 91.3 Å². The van der Waals surface area contributed by atoms with E-state index in [1.54, 1.807) is 23.9 Å². The normalized spacial score (nSPS) is 18.2. The zero-order valence-corrected chi connectivity index (χ0v) is 60.0. The maximum Gasteiger partial charge on any atom is 0.416 e. The lowest BCUT2D eigenvalue weighted by molar-refractivity contribution is -0.143. The van der Waals surface area contributed by atoms with Gasteiger partial charge in [0.25, 0.3) is 11.8 Å². The number of unbranched alkanes of at least 4 members (excludes halogenated alkanes) is 2. The fourth-order valence-electron chi connectivity index (χ4n) is 15.2. The van der Waals surface area contributed by atoms with E-state index in [0.717, 1.165) is 91.2 Å². The molecule has 552 valence electrons. The molecule has 102 heavy (non-hydrogen) atoms. The van der Waals surface area contributed by atoms with E-state index in [1.807, 2.05) is 96.9 Å². The Labute approximate surface area is 610 Å². The van der Waals surface area contributed by atoms with E-state index in [-0.39, 0.29) is 92.7 Å². The summed E-state index contributed by atoms with van der Waals surface area (Å²) in [5.74, 6) is -1.77. The first-order valence-electron chi connectivity index (χ1n) is 34.3. The molecule has 2 atom stereocenters. The van der Waals surface area contributed by atoms with Gasteiger partial charge >= 0.3 is 18.4 Å². The molecule has 0 saturated carbocycles. The molecule has 0 unspecified atom stereocenters. The summed E-state index contributed by atoms with van der Waals surface area (Å²) < 4.78 is 110. The first-order chi connectivity index (χ1) is 47.4. The fraction of sp³-hybridized carbons (Fsp3) is 0.461. The summed E-state index contributed by atoms with van der Waals surface area (Å²) >= 11 is 0. The zero-order chi connectivity index (χ0) is 70.2. The fourth-order valence-corrected chi connectivity index (χ4v) is 15.2. The number of ether oxygens (including phenoxy) is 2. The molecule has 1 N–H and O–H groups in total. The quantitative estimate of drug-likeness (QED) is 0.0431. The molecular weight excluding hydrogens is 1390 g/mol. The number of amides is 5. The highest BCUT2D eigenvalue weighted by Gasteiger charge is 2.50. The second-order valence-electron chi connectivity index (χ2n) is 27.2. The van der Waals surface area contributed by atoms with Gasteiger partial charge in [0.05, 0.1) is 29.5 Å². The number of alkyl halides is 6. The number of carboxylic acid groups (broad SMARTS) is 1. The Bertz CT molecular complexity index is 3810. The summed E-state index contributed by atoms with van der Waals surface area (Å²) in [5.41, 5.74) is 2.54. The monoisotopic (exact) mass is 1480 g/mol. The lowest BCUT2D eigenvalue weighted by atomic mass is 9.72. The van der Waals surface area contributed by atoms with Gasteiger partial charge in [0.2, 0.25) is 11.8 Å². The van der Waals surface area contributed by atoms with Crippen molar-refractivity contribution in [3.63, 3.8) is 0 Å². The highest BCUT2D eigenvalue weighted by atomic mass is 35.5. The molecule has 6 aromatic rings. The molecular formula is C76H90Cl3F7N8O8. The first kappa shape index (κ1) is 80.2.